The summed E-state index contributed by atoms with van der Waals surface area (Å²) >= 11 is 0. The van der Waals surface area contributed by atoms with Crippen molar-refractivity contribution < 1.29 is 17.9 Å². The number of rotatable bonds is 8. The summed E-state index contributed by atoms with van der Waals surface area (Å²) in [6.07, 6.45) is 0.698. The van der Waals surface area contributed by atoms with Gasteiger partial charge in [0.2, 0.25) is 5.91 Å². The van der Waals surface area contributed by atoms with Crippen molar-refractivity contribution in [1.29, 1.82) is 5.26 Å². The van der Waals surface area contributed by atoms with Gasteiger partial charge in [-0.05, 0) is 32.4 Å². The molecule has 1 aromatic rings. The highest BCUT2D eigenvalue weighted by Gasteiger charge is 2.37. The van der Waals surface area contributed by atoms with Gasteiger partial charge in [0.05, 0.1) is 11.1 Å². The lowest BCUT2D eigenvalue weighted by molar-refractivity contribution is -0.131. The summed E-state index contributed by atoms with van der Waals surface area (Å²) in [6.45, 7) is 5.25. The number of nitrogens with one attached hydrogen (secondary N) is 1. The van der Waals surface area contributed by atoms with Gasteiger partial charge in [0.1, 0.15) is 23.5 Å². The Labute approximate surface area is 142 Å². The van der Waals surface area contributed by atoms with Crippen LogP contribution in [-0.4, -0.2) is 20.4 Å². The topological polar surface area (TPSA) is 148 Å². The minimum atomic E-state index is -4.04. The van der Waals surface area contributed by atoms with E-state index < -0.39 is 27.6 Å². The van der Waals surface area contributed by atoms with E-state index in [1.165, 1.54) is 18.2 Å². The highest BCUT2D eigenvalue weighted by Crippen LogP contribution is 2.32. The fourth-order valence-electron chi connectivity index (χ4n) is 2.12. The molecule has 0 saturated carbocycles. The van der Waals surface area contributed by atoms with Crippen LogP contribution in [0.2, 0.25) is 0 Å². The average Bonchev–Trinajstić information content (AvgIpc) is 2.45. The van der Waals surface area contributed by atoms with Crippen LogP contribution in [0, 0.1) is 16.7 Å². The maximum Gasteiger partial charge on any atom is 0.296 e. The van der Waals surface area contributed by atoms with Crippen molar-refractivity contribution in [3.05, 3.63) is 23.8 Å². The summed E-state index contributed by atoms with van der Waals surface area (Å²) in [6, 6.07) is 6.32. The van der Waals surface area contributed by atoms with Crippen LogP contribution in [0.5, 0.6) is 5.75 Å². The van der Waals surface area contributed by atoms with Gasteiger partial charge in [0.25, 0.3) is 10.2 Å². The highest BCUT2D eigenvalue weighted by atomic mass is 32.2. The first kappa shape index (κ1) is 19.7. The number of nitrogens with two attached hydrogens (primary N) is 2. The zero-order valence-corrected chi connectivity index (χ0v) is 14.7. The van der Waals surface area contributed by atoms with Gasteiger partial charge in [-0.1, -0.05) is 19.4 Å². The van der Waals surface area contributed by atoms with Crippen LogP contribution in [0.1, 0.15) is 39.2 Å². The Morgan fingerprint density at radius 1 is 1.46 bits per heavy atom. The number of hydrogen-bond acceptors (Lipinski definition) is 5. The molecule has 24 heavy (non-hydrogen) atoms. The van der Waals surface area contributed by atoms with E-state index in [1.807, 2.05) is 13.0 Å². The summed E-state index contributed by atoms with van der Waals surface area (Å²) < 4.78 is 30.3. The Hall–Kier alpha value is -2.31. The Kier molecular flexibility index (Phi) is 6.17. The summed E-state index contributed by atoms with van der Waals surface area (Å²) in [7, 11) is -4.04. The van der Waals surface area contributed by atoms with Crippen molar-refractivity contribution in [3.63, 3.8) is 0 Å². The average molecular weight is 354 g/mol. The van der Waals surface area contributed by atoms with E-state index in [4.69, 9.17) is 15.6 Å². The number of benzene rings is 1. The van der Waals surface area contributed by atoms with Gasteiger partial charge in [-0.2, -0.15) is 13.7 Å². The number of nitriles is 1. The van der Waals surface area contributed by atoms with E-state index in [0.717, 1.165) is 6.42 Å². The molecule has 0 aliphatic heterocycles. The molecule has 0 fully saturated rings. The maximum absolute atomic E-state index is 11.7. The van der Waals surface area contributed by atoms with Gasteiger partial charge < -0.3 is 10.5 Å². The molecule has 1 atom stereocenters. The maximum atomic E-state index is 11.7. The lowest BCUT2D eigenvalue weighted by Gasteiger charge is -2.32. The summed E-state index contributed by atoms with van der Waals surface area (Å²) in [4.78, 5) is 11.7. The molecule has 1 unspecified atom stereocenters. The number of anilines is 1. The number of primary amides is 1. The van der Waals surface area contributed by atoms with Crippen molar-refractivity contribution in [2.24, 2.45) is 16.3 Å². The van der Waals surface area contributed by atoms with Gasteiger partial charge in [0.15, 0.2) is 0 Å². The lowest BCUT2D eigenvalue weighted by atomic mass is 9.83. The molecule has 5 N–H and O–H groups in total. The molecule has 0 radical (unpaired) electrons. The number of carbonyl (C=O) groups is 1. The second kappa shape index (κ2) is 7.51. The van der Waals surface area contributed by atoms with Gasteiger partial charge in [-0.15, -0.1) is 0 Å². The van der Waals surface area contributed by atoms with E-state index in [1.54, 1.807) is 13.8 Å². The van der Waals surface area contributed by atoms with Crippen molar-refractivity contribution in [2.45, 2.75) is 39.7 Å². The summed E-state index contributed by atoms with van der Waals surface area (Å²) in [5.74, 6) is -0.378. The Balaban J connectivity index is 3.28. The number of ether oxygens (including phenoxy) is 1. The smallest absolute Gasteiger partial charge is 0.296 e. The molecule has 1 aromatic carbocycles. The molecule has 1 amide bonds. The molecule has 0 aliphatic carbocycles. The minimum absolute atomic E-state index is 0.00429. The largest absolute Gasteiger partial charge is 0.488 e. The molecule has 0 saturated heterocycles. The first-order chi connectivity index (χ1) is 11.0. The van der Waals surface area contributed by atoms with E-state index in [-0.39, 0.29) is 17.0 Å². The van der Waals surface area contributed by atoms with Gasteiger partial charge >= 0.3 is 0 Å². The van der Waals surface area contributed by atoms with Crippen LogP contribution in [-0.2, 0) is 15.0 Å². The molecule has 0 spiro atoms. The van der Waals surface area contributed by atoms with Crippen LogP contribution in [0.15, 0.2) is 18.2 Å². The highest BCUT2D eigenvalue weighted by molar-refractivity contribution is 7.90. The monoisotopic (exact) mass is 354 g/mol. The second-order valence-electron chi connectivity index (χ2n) is 5.92. The van der Waals surface area contributed by atoms with E-state index in [2.05, 4.69) is 4.72 Å². The Morgan fingerprint density at radius 3 is 2.54 bits per heavy atom. The first-order valence-electron chi connectivity index (χ1n) is 7.33. The van der Waals surface area contributed by atoms with Crippen LogP contribution < -0.4 is 20.3 Å². The van der Waals surface area contributed by atoms with E-state index in [9.17, 15) is 18.5 Å². The number of hydrogen-bond donors (Lipinski definition) is 3. The minimum Gasteiger partial charge on any atom is -0.488 e. The third-order valence-electron chi connectivity index (χ3n) is 3.65. The third-order valence-corrected chi connectivity index (χ3v) is 4.15. The van der Waals surface area contributed by atoms with E-state index in [0.29, 0.717) is 6.42 Å². The van der Waals surface area contributed by atoms with Crippen molar-refractivity contribution in [3.8, 4) is 11.8 Å². The molecule has 132 valence electrons. The fraction of sp³-hybridized carbons (Fsp3) is 0.467. The number of nitrogens with zero attached hydrogens (tertiary/aromatic N) is 1. The molecule has 0 bridgehead atoms. The molecule has 8 nitrogen and oxygen atoms in total. The van der Waals surface area contributed by atoms with Crippen LogP contribution in [0.25, 0.3) is 0 Å². The van der Waals surface area contributed by atoms with Crippen LogP contribution in [0.3, 0.4) is 0 Å². The molecule has 0 aromatic heterocycles. The molecule has 0 aliphatic rings. The quantitative estimate of drug-likeness (QED) is 0.642. The molecule has 0 heterocycles. The fourth-order valence-corrected chi connectivity index (χ4v) is 2.60. The van der Waals surface area contributed by atoms with Crippen LogP contribution in [0.4, 0.5) is 5.69 Å². The molecular formula is C15H22N4O4S. The molecule has 9 heteroatoms. The standard InChI is InChI=1S/C15H22N4O4S/c1-4-6-13(15(2,3)14(17)20)23-12-8-5-7-11(10(12)9-16)19-24(18,21)22/h5,7-8,13,19H,4,6H2,1-3H3,(H2,17,20)(H2,18,21,22). The predicted octanol–water partition coefficient (Wildman–Crippen LogP) is 1.23. The molecular weight excluding hydrogens is 332 g/mol. The Bertz CT molecular complexity index is 753. The summed E-state index contributed by atoms with van der Waals surface area (Å²) in [5, 5.41) is 14.3. The van der Waals surface area contributed by atoms with Gasteiger partial charge in [-0.3, -0.25) is 9.52 Å². The first-order valence-corrected chi connectivity index (χ1v) is 8.87. The summed E-state index contributed by atoms with van der Waals surface area (Å²) in [5.41, 5.74) is 4.46. The third kappa shape index (κ3) is 4.84. The molecule has 1 rings (SSSR count). The zero-order valence-electron chi connectivity index (χ0n) is 13.9. The number of carbonyl (C=O) groups excluding carboxylic acids is 1. The van der Waals surface area contributed by atoms with Crippen LogP contribution >= 0.6 is 0 Å². The predicted molar refractivity (Wildman–Crippen MR) is 90.2 cm³/mol. The van der Waals surface area contributed by atoms with Gasteiger partial charge in [-0.25, -0.2) is 5.14 Å². The van der Waals surface area contributed by atoms with Crippen molar-refractivity contribution >= 4 is 21.8 Å². The SMILES string of the molecule is CCCC(Oc1cccc(NS(N)(=O)=O)c1C#N)C(C)(C)C(N)=O. The zero-order chi connectivity index (χ0) is 18.5. The van der Waals surface area contributed by atoms with Gasteiger partial charge in [0, 0.05) is 0 Å². The Morgan fingerprint density at radius 2 is 2.08 bits per heavy atom. The second-order valence-corrected chi connectivity index (χ2v) is 7.21. The lowest BCUT2D eigenvalue weighted by Crippen LogP contribution is -2.44. The van der Waals surface area contributed by atoms with E-state index >= 15 is 0 Å². The normalized spacial score (nSPS) is 13.0. The number of amides is 1. The van der Waals surface area contributed by atoms with Crippen molar-refractivity contribution in [1.82, 2.24) is 0 Å². The van der Waals surface area contributed by atoms with Crippen molar-refractivity contribution in [2.75, 3.05) is 4.72 Å².